The number of hydrogen-bond donors (Lipinski definition) is 0. The van der Waals surface area contributed by atoms with Gasteiger partial charge < -0.3 is 4.42 Å². The van der Waals surface area contributed by atoms with Crippen molar-refractivity contribution in [3.8, 4) is 0 Å². The highest BCUT2D eigenvalue weighted by Gasteiger charge is 2.35. The Morgan fingerprint density at radius 1 is 1.28 bits per heavy atom. The van der Waals surface area contributed by atoms with E-state index in [2.05, 4.69) is 26.1 Å². The molecular formula is C19H18BrFN2O2. The smallest absolute Gasteiger partial charge is 0.224 e. The Morgan fingerprint density at radius 3 is 2.76 bits per heavy atom. The lowest BCUT2D eigenvalue weighted by molar-refractivity contribution is -0.122. The number of aryl methyl sites for hydroxylation is 1. The Bertz CT molecular complexity index is 857. The molecule has 1 aromatic carbocycles. The molecule has 2 aliphatic rings. The zero-order valence-corrected chi connectivity index (χ0v) is 15.4. The van der Waals surface area contributed by atoms with Crippen LogP contribution in [0.3, 0.4) is 0 Å². The lowest BCUT2D eigenvalue weighted by Crippen LogP contribution is -2.23. The second kappa shape index (κ2) is 6.48. The normalized spacial score (nSPS) is 23.6. The molecule has 130 valence electrons. The van der Waals surface area contributed by atoms with Gasteiger partial charge in [-0.1, -0.05) is 34.1 Å². The van der Waals surface area contributed by atoms with Crippen LogP contribution >= 0.6 is 15.9 Å². The summed E-state index contributed by atoms with van der Waals surface area (Å²) in [4.78, 5) is 12.6. The second-order valence-corrected chi connectivity index (χ2v) is 7.84. The van der Waals surface area contributed by atoms with Gasteiger partial charge in [0.05, 0.1) is 5.92 Å². The highest BCUT2D eigenvalue weighted by molar-refractivity contribution is 9.11. The first-order valence-electron chi connectivity index (χ1n) is 8.49. The van der Waals surface area contributed by atoms with Crippen LogP contribution in [0, 0.1) is 18.7 Å². The summed E-state index contributed by atoms with van der Waals surface area (Å²) in [5.41, 5.74) is 1.43. The third kappa shape index (κ3) is 3.45. The predicted octanol–water partition coefficient (Wildman–Crippen LogP) is 4.59. The van der Waals surface area contributed by atoms with Gasteiger partial charge in [-0.2, -0.15) is 0 Å². The minimum atomic E-state index is -0.265. The maximum absolute atomic E-state index is 13.7. The SMILES string of the molecule is Cc1ccc(CC2C=C(Br)C(c3nnc(C4CC4)o3)CC2=O)cc1F. The summed E-state index contributed by atoms with van der Waals surface area (Å²) in [5, 5.41) is 8.23. The number of allylic oxidation sites excluding steroid dienone is 2. The van der Waals surface area contributed by atoms with Crippen molar-refractivity contribution in [2.45, 2.75) is 44.4 Å². The number of carbonyl (C=O) groups is 1. The number of rotatable bonds is 4. The van der Waals surface area contributed by atoms with Crippen molar-refractivity contribution in [2.75, 3.05) is 0 Å². The molecule has 0 amide bonds. The van der Waals surface area contributed by atoms with Crippen LogP contribution in [0.25, 0.3) is 0 Å². The maximum Gasteiger partial charge on any atom is 0.224 e. The first kappa shape index (κ1) is 16.6. The highest BCUT2D eigenvalue weighted by Crippen LogP contribution is 2.42. The topological polar surface area (TPSA) is 56.0 Å². The lowest BCUT2D eigenvalue weighted by atomic mass is 9.83. The Hall–Kier alpha value is -1.82. The quantitative estimate of drug-likeness (QED) is 0.747. The molecule has 2 unspecified atom stereocenters. The van der Waals surface area contributed by atoms with Gasteiger partial charge in [-0.3, -0.25) is 4.79 Å². The Balaban J connectivity index is 1.52. The zero-order chi connectivity index (χ0) is 17.6. The molecule has 2 aromatic rings. The summed E-state index contributed by atoms with van der Waals surface area (Å²) in [6.45, 7) is 1.73. The van der Waals surface area contributed by atoms with E-state index in [1.807, 2.05) is 12.1 Å². The fraction of sp³-hybridized carbons (Fsp3) is 0.421. The van der Waals surface area contributed by atoms with Gasteiger partial charge in [-0.05, 0) is 43.4 Å². The average molecular weight is 405 g/mol. The Kier molecular flexibility index (Phi) is 4.31. The molecule has 0 spiro atoms. The summed E-state index contributed by atoms with van der Waals surface area (Å²) in [5.74, 6) is 0.975. The minimum absolute atomic E-state index is 0.111. The van der Waals surface area contributed by atoms with Crippen LogP contribution in [0.2, 0.25) is 0 Å². The van der Waals surface area contributed by atoms with Gasteiger partial charge in [-0.25, -0.2) is 4.39 Å². The molecule has 1 saturated carbocycles. The summed E-state index contributed by atoms with van der Waals surface area (Å²) < 4.78 is 20.4. The number of halogens is 2. The number of carbonyl (C=O) groups excluding carboxylic acids is 1. The summed E-state index contributed by atoms with van der Waals surface area (Å²) >= 11 is 3.57. The molecular weight excluding hydrogens is 387 g/mol. The van der Waals surface area contributed by atoms with Crippen LogP contribution in [-0.2, 0) is 11.2 Å². The molecule has 6 heteroatoms. The van der Waals surface area contributed by atoms with Crippen molar-refractivity contribution in [3.05, 3.63) is 57.5 Å². The fourth-order valence-corrected chi connectivity index (χ4v) is 3.81. The van der Waals surface area contributed by atoms with Gasteiger partial charge in [0, 0.05) is 22.7 Å². The maximum atomic E-state index is 13.7. The number of nitrogens with zero attached hydrogens (tertiary/aromatic N) is 2. The lowest BCUT2D eigenvalue weighted by Gasteiger charge is -2.23. The summed E-state index contributed by atoms with van der Waals surface area (Å²) in [7, 11) is 0. The largest absolute Gasteiger partial charge is 0.424 e. The fourth-order valence-electron chi connectivity index (χ4n) is 3.13. The molecule has 4 nitrogen and oxygen atoms in total. The highest BCUT2D eigenvalue weighted by atomic mass is 79.9. The van der Waals surface area contributed by atoms with E-state index < -0.39 is 0 Å². The molecule has 0 saturated heterocycles. The number of ketones is 1. The van der Waals surface area contributed by atoms with Gasteiger partial charge in [0.2, 0.25) is 11.8 Å². The van der Waals surface area contributed by atoms with Gasteiger partial charge >= 0.3 is 0 Å². The molecule has 2 aliphatic carbocycles. The molecule has 0 N–H and O–H groups in total. The number of hydrogen-bond acceptors (Lipinski definition) is 4. The molecule has 1 aromatic heterocycles. The van der Waals surface area contributed by atoms with Crippen molar-refractivity contribution in [1.29, 1.82) is 0 Å². The van der Waals surface area contributed by atoms with Crippen LogP contribution in [0.5, 0.6) is 0 Å². The van der Waals surface area contributed by atoms with Crippen molar-refractivity contribution >= 4 is 21.7 Å². The number of Topliss-reactive ketones (excluding diaryl/α,β-unsaturated/α-hetero) is 1. The summed E-state index contributed by atoms with van der Waals surface area (Å²) in [6.07, 6.45) is 4.90. The van der Waals surface area contributed by atoms with Gasteiger partial charge in [0.25, 0.3) is 0 Å². The minimum Gasteiger partial charge on any atom is -0.424 e. The van der Waals surface area contributed by atoms with E-state index in [0.717, 1.165) is 22.9 Å². The average Bonchev–Trinajstić information content (AvgIpc) is 3.32. The first-order chi connectivity index (χ1) is 12.0. The van der Waals surface area contributed by atoms with Crippen LogP contribution in [0.4, 0.5) is 4.39 Å². The third-order valence-corrected chi connectivity index (χ3v) is 5.70. The van der Waals surface area contributed by atoms with E-state index in [1.165, 1.54) is 6.07 Å². The number of aromatic nitrogens is 2. The van der Waals surface area contributed by atoms with E-state index in [4.69, 9.17) is 4.42 Å². The van der Waals surface area contributed by atoms with Crippen molar-refractivity contribution in [2.24, 2.45) is 5.92 Å². The summed E-state index contributed by atoms with van der Waals surface area (Å²) in [6, 6.07) is 5.13. The standard InChI is InChI=1S/C19H18BrFN2O2/c1-10-2-3-11(7-16(10)21)6-13-8-15(20)14(9-17(13)24)19-23-22-18(25-19)12-4-5-12/h2-3,7-8,12-14H,4-6,9H2,1H3. The van der Waals surface area contributed by atoms with E-state index in [0.29, 0.717) is 36.1 Å². The second-order valence-electron chi connectivity index (χ2n) is 6.92. The molecule has 0 aliphatic heterocycles. The van der Waals surface area contributed by atoms with Crippen LogP contribution in [0.15, 0.2) is 33.2 Å². The van der Waals surface area contributed by atoms with Crippen molar-refractivity contribution < 1.29 is 13.6 Å². The van der Waals surface area contributed by atoms with Gasteiger partial charge in [0.1, 0.15) is 11.6 Å². The van der Waals surface area contributed by atoms with Crippen LogP contribution < -0.4 is 0 Å². The van der Waals surface area contributed by atoms with E-state index >= 15 is 0 Å². The first-order valence-corrected chi connectivity index (χ1v) is 9.29. The molecule has 0 radical (unpaired) electrons. The molecule has 0 bridgehead atoms. The van der Waals surface area contributed by atoms with E-state index in [9.17, 15) is 9.18 Å². The van der Waals surface area contributed by atoms with Crippen molar-refractivity contribution in [1.82, 2.24) is 10.2 Å². The van der Waals surface area contributed by atoms with E-state index in [1.54, 1.807) is 13.0 Å². The zero-order valence-electron chi connectivity index (χ0n) is 13.8. The molecule has 1 fully saturated rings. The van der Waals surface area contributed by atoms with Crippen LogP contribution in [0.1, 0.15) is 54.0 Å². The molecule has 4 rings (SSSR count). The molecule has 1 heterocycles. The van der Waals surface area contributed by atoms with E-state index in [-0.39, 0.29) is 23.4 Å². The van der Waals surface area contributed by atoms with Gasteiger partial charge in [0.15, 0.2) is 0 Å². The van der Waals surface area contributed by atoms with Gasteiger partial charge in [-0.15, -0.1) is 10.2 Å². The third-order valence-electron chi connectivity index (χ3n) is 4.88. The molecule has 25 heavy (non-hydrogen) atoms. The molecule has 2 atom stereocenters. The number of benzene rings is 1. The monoisotopic (exact) mass is 404 g/mol. The Morgan fingerprint density at radius 2 is 2.04 bits per heavy atom. The van der Waals surface area contributed by atoms with Crippen molar-refractivity contribution in [3.63, 3.8) is 0 Å². The Labute approximate surface area is 153 Å². The predicted molar refractivity (Wildman–Crippen MR) is 94.0 cm³/mol. The van der Waals surface area contributed by atoms with Crippen LogP contribution in [-0.4, -0.2) is 16.0 Å².